The van der Waals surface area contributed by atoms with Crippen LogP contribution in [0.1, 0.15) is 37.3 Å². The first kappa shape index (κ1) is 14.9. The Kier molecular flexibility index (Phi) is 4.59. The van der Waals surface area contributed by atoms with Gasteiger partial charge in [-0.25, -0.2) is 0 Å². The molecule has 0 radical (unpaired) electrons. The summed E-state index contributed by atoms with van der Waals surface area (Å²) in [4.78, 5) is 3.42. The van der Waals surface area contributed by atoms with Crippen LogP contribution >= 0.6 is 0 Å². The number of nitrogens with one attached hydrogen (secondary N) is 2. The second-order valence-corrected chi connectivity index (χ2v) is 6.15. The summed E-state index contributed by atoms with van der Waals surface area (Å²) >= 11 is 0. The van der Waals surface area contributed by atoms with Gasteiger partial charge in [-0.3, -0.25) is 0 Å². The van der Waals surface area contributed by atoms with Gasteiger partial charge < -0.3 is 10.3 Å². The van der Waals surface area contributed by atoms with Crippen LogP contribution in [0.2, 0.25) is 0 Å². The molecule has 3 rings (SSSR count). The molecule has 2 heteroatoms. The molecule has 0 spiro atoms. The van der Waals surface area contributed by atoms with Crippen LogP contribution in [0.15, 0.2) is 60.8 Å². The van der Waals surface area contributed by atoms with E-state index in [0.29, 0.717) is 12.0 Å². The third-order valence-corrected chi connectivity index (χ3v) is 4.18. The van der Waals surface area contributed by atoms with E-state index < -0.39 is 0 Å². The molecule has 0 aliphatic rings. The van der Waals surface area contributed by atoms with Crippen molar-refractivity contribution < 1.29 is 0 Å². The number of aromatic nitrogens is 1. The summed E-state index contributed by atoms with van der Waals surface area (Å²) in [6, 6.07) is 19.9. The van der Waals surface area contributed by atoms with Gasteiger partial charge in [-0.15, -0.1) is 0 Å². The van der Waals surface area contributed by atoms with Gasteiger partial charge in [-0.1, -0.05) is 62.4 Å². The number of rotatable bonds is 6. The van der Waals surface area contributed by atoms with E-state index in [2.05, 4.69) is 84.9 Å². The highest BCUT2D eigenvalue weighted by atomic mass is 14.9. The molecule has 0 saturated carbocycles. The van der Waals surface area contributed by atoms with E-state index in [0.717, 1.165) is 13.0 Å². The van der Waals surface area contributed by atoms with E-state index in [1.54, 1.807) is 0 Å². The smallest absolute Gasteiger partial charge is 0.0457 e. The molecule has 1 aromatic heterocycles. The van der Waals surface area contributed by atoms with Crippen molar-refractivity contribution >= 4 is 10.9 Å². The Labute approximate surface area is 132 Å². The lowest BCUT2D eigenvalue weighted by Crippen LogP contribution is -2.25. The van der Waals surface area contributed by atoms with Crippen LogP contribution in [-0.4, -0.2) is 17.6 Å². The molecule has 2 nitrogen and oxygen atoms in total. The minimum absolute atomic E-state index is 0.420. The zero-order chi connectivity index (χ0) is 15.4. The molecule has 2 N–H and O–H groups in total. The van der Waals surface area contributed by atoms with Crippen molar-refractivity contribution in [2.75, 3.05) is 6.54 Å². The van der Waals surface area contributed by atoms with Gasteiger partial charge in [0.1, 0.15) is 0 Å². The van der Waals surface area contributed by atoms with E-state index in [4.69, 9.17) is 0 Å². The van der Waals surface area contributed by atoms with Crippen LogP contribution in [0.25, 0.3) is 10.9 Å². The van der Waals surface area contributed by atoms with Crippen molar-refractivity contribution in [1.29, 1.82) is 0 Å². The number of fused-ring (bicyclic) bond motifs is 1. The number of H-pyrrole nitrogens is 1. The average Bonchev–Trinajstić information content (AvgIpc) is 2.96. The number of para-hydroxylation sites is 1. The fourth-order valence-electron chi connectivity index (χ4n) is 3.09. The van der Waals surface area contributed by atoms with Crippen molar-refractivity contribution in [3.05, 3.63) is 71.9 Å². The molecule has 1 unspecified atom stereocenters. The molecule has 1 atom stereocenters. The van der Waals surface area contributed by atoms with Gasteiger partial charge in [0.25, 0.3) is 0 Å². The van der Waals surface area contributed by atoms with Crippen molar-refractivity contribution in [2.45, 2.75) is 32.2 Å². The number of aromatic amines is 1. The lowest BCUT2D eigenvalue weighted by molar-refractivity contribution is 0.551. The largest absolute Gasteiger partial charge is 0.361 e. The zero-order valence-electron chi connectivity index (χ0n) is 13.3. The second kappa shape index (κ2) is 6.80. The van der Waals surface area contributed by atoms with Crippen LogP contribution in [0.3, 0.4) is 0 Å². The maximum absolute atomic E-state index is 3.55. The van der Waals surface area contributed by atoms with Gasteiger partial charge in [0, 0.05) is 29.1 Å². The number of hydrogen-bond acceptors (Lipinski definition) is 1. The Morgan fingerprint density at radius 1 is 0.955 bits per heavy atom. The monoisotopic (exact) mass is 292 g/mol. The first-order chi connectivity index (χ1) is 10.8. The lowest BCUT2D eigenvalue weighted by atomic mass is 9.88. The maximum atomic E-state index is 3.55. The van der Waals surface area contributed by atoms with Gasteiger partial charge in [-0.2, -0.15) is 0 Å². The van der Waals surface area contributed by atoms with E-state index in [1.807, 2.05) is 0 Å². The molecule has 2 aromatic carbocycles. The van der Waals surface area contributed by atoms with Crippen LogP contribution in [0, 0.1) is 0 Å². The van der Waals surface area contributed by atoms with E-state index in [1.165, 1.54) is 22.0 Å². The molecule has 0 aliphatic carbocycles. The molecule has 0 bridgehead atoms. The summed E-state index contributed by atoms with van der Waals surface area (Å²) < 4.78 is 0. The average molecular weight is 292 g/mol. The van der Waals surface area contributed by atoms with Crippen molar-refractivity contribution in [3.63, 3.8) is 0 Å². The third-order valence-electron chi connectivity index (χ3n) is 4.18. The van der Waals surface area contributed by atoms with Crippen molar-refractivity contribution in [2.24, 2.45) is 0 Å². The molecular formula is C20H24N2. The van der Waals surface area contributed by atoms with Crippen molar-refractivity contribution in [1.82, 2.24) is 10.3 Å². The first-order valence-electron chi connectivity index (χ1n) is 8.10. The van der Waals surface area contributed by atoms with E-state index in [-0.39, 0.29) is 0 Å². The van der Waals surface area contributed by atoms with Gasteiger partial charge in [0.15, 0.2) is 0 Å². The highest BCUT2D eigenvalue weighted by molar-refractivity contribution is 5.84. The van der Waals surface area contributed by atoms with Crippen molar-refractivity contribution in [3.8, 4) is 0 Å². The minimum Gasteiger partial charge on any atom is -0.361 e. The van der Waals surface area contributed by atoms with Gasteiger partial charge in [0.05, 0.1) is 0 Å². The van der Waals surface area contributed by atoms with E-state index >= 15 is 0 Å². The summed E-state index contributed by atoms with van der Waals surface area (Å²) in [5.41, 5.74) is 4.00. The van der Waals surface area contributed by atoms with Gasteiger partial charge >= 0.3 is 0 Å². The summed E-state index contributed by atoms with van der Waals surface area (Å²) in [6.07, 6.45) is 3.28. The van der Waals surface area contributed by atoms with E-state index in [9.17, 15) is 0 Å². The Morgan fingerprint density at radius 3 is 2.45 bits per heavy atom. The predicted molar refractivity (Wildman–Crippen MR) is 94.3 cm³/mol. The standard InChI is InChI=1S/C20H24N2/c1-15(2)21-13-12-17(16-8-4-3-5-9-16)19-14-22-20-11-7-6-10-18(19)20/h3-11,14-15,17,21-22H,12-13H2,1-2H3. The maximum Gasteiger partial charge on any atom is 0.0457 e. The van der Waals surface area contributed by atoms with Crippen LogP contribution in [-0.2, 0) is 0 Å². The SMILES string of the molecule is CC(C)NCCC(c1ccccc1)c1c[nH]c2ccccc12. The first-order valence-corrected chi connectivity index (χ1v) is 8.10. The molecule has 114 valence electrons. The van der Waals surface area contributed by atoms with Crippen LogP contribution in [0.5, 0.6) is 0 Å². The zero-order valence-corrected chi connectivity index (χ0v) is 13.3. The predicted octanol–water partition coefficient (Wildman–Crippen LogP) is 4.69. The van der Waals surface area contributed by atoms with Gasteiger partial charge in [-0.05, 0) is 30.2 Å². The van der Waals surface area contributed by atoms with Gasteiger partial charge in [0.2, 0.25) is 0 Å². The number of hydrogen-bond donors (Lipinski definition) is 2. The summed E-state index contributed by atoms with van der Waals surface area (Å²) in [5, 5.41) is 4.88. The molecule has 22 heavy (non-hydrogen) atoms. The molecule has 0 aliphatic heterocycles. The molecular weight excluding hydrogens is 268 g/mol. The topological polar surface area (TPSA) is 27.8 Å². The molecule has 3 aromatic rings. The highest BCUT2D eigenvalue weighted by Crippen LogP contribution is 2.32. The Balaban J connectivity index is 1.94. The third kappa shape index (κ3) is 3.23. The molecule has 0 amide bonds. The minimum atomic E-state index is 0.420. The normalized spacial score (nSPS) is 12.9. The molecule has 1 heterocycles. The Bertz CT molecular complexity index is 713. The second-order valence-electron chi connectivity index (χ2n) is 6.15. The Hall–Kier alpha value is -2.06. The summed E-state index contributed by atoms with van der Waals surface area (Å²) in [7, 11) is 0. The lowest BCUT2D eigenvalue weighted by Gasteiger charge is -2.18. The number of benzene rings is 2. The van der Waals surface area contributed by atoms with Crippen LogP contribution < -0.4 is 5.32 Å². The fraction of sp³-hybridized carbons (Fsp3) is 0.300. The van der Waals surface area contributed by atoms with Crippen LogP contribution in [0.4, 0.5) is 0 Å². The molecule has 0 saturated heterocycles. The summed E-state index contributed by atoms with van der Waals surface area (Å²) in [5.74, 6) is 0.420. The fourth-order valence-corrected chi connectivity index (χ4v) is 3.09. The quantitative estimate of drug-likeness (QED) is 0.678. The highest BCUT2D eigenvalue weighted by Gasteiger charge is 2.17. The molecule has 0 fully saturated rings. The summed E-state index contributed by atoms with van der Waals surface area (Å²) in [6.45, 7) is 5.42. The Morgan fingerprint density at radius 2 is 1.68 bits per heavy atom.